The van der Waals surface area contributed by atoms with E-state index in [1.54, 1.807) is 12.1 Å². The number of esters is 1. The molecule has 0 saturated carbocycles. The van der Waals surface area contributed by atoms with Crippen molar-refractivity contribution in [3.8, 4) is 5.88 Å². The number of imidazole rings is 1. The fourth-order valence-electron chi connectivity index (χ4n) is 4.07. The van der Waals surface area contributed by atoms with Crippen LogP contribution in [0, 0.1) is 0 Å². The Hall–Kier alpha value is -3.13. The SMILES string of the molecule is COc1nc(N)nc2c1ncn2[C@@H]1OC2COP(=O)(OCC(=O)OCc3ccccc3)O[C@H]2[C@@]1(C)O. The number of benzene rings is 1. The minimum atomic E-state index is -4.22. The number of aromatic nitrogens is 4. The lowest BCUT2D eigenvalue weighted by Crippen LogP contribution is -2.47. The van der Waals surface area contributed by atoms with Gasteiger partial charge in [-0.3, -0.25) is 18.1 Å². The molecule has 0 bridgehead atoms. The van der Waals surface area contributed by atoms with E-state index in [0.717, 1.165) is 5.56 Å². The summed E-state index contributed by atoms with van der Waals surface area (Å²) in [4.78, 5) is 24.5. The first-order valence-corrected chi connectivity index (χ1v) is 12.3. The number of nitrogens with two attached hydrogens (primary N) is 1. The Morgan fingerprint density at radius 2 is 2.11 bits per heavy atom. The lowest BCUT2D eigenvalue weighted by molar-refractivity contribution is -0.149. The molecule has 2 fully saturated rings. The second-order valence-electron chi connectivity index (χ2n) is 8.36. The molecule has 2 saturated heterocycles. The molecule has 4 heterocycles. The van der Waals surface area contributed by atoms with Crippen LogP contribution in [0.2, 0.25) is 0 Å². The lowest BCUT2D eigenvalue weighted by atomic mass is 9.96. The van der Waals surface area contributed by atoms with E-state index in [0.29, 0.717) is 5.52 Å². The normalized spacial score (nSPS) is 29.7. The highest BCUT2D eigenvalue weighted by molar-refractivity contribution is 7.48. The number of fused-ring (bicyclic) bond motifs is 2. The summed E-state index contributed by atoms with van der Waals surface area (Å²) < 4.78 is 46.8. The number of methoxy groups -OCH3 is 1. The summed E-state index contributed by atoms with van der Waals surface area (Å²) in [6, 6.07) is 9.05. The predicted octanol–water partition coefficient (Wildman–Crippen LogP) is 1.35. The van der Waals surface area contributed by atoms with Crippen LogP contribution in [0.3, 0.4) is 0 Å². The molecular formula is C21H24N5O9P. The molecule has 1 aromatic carbocycles. The van der Waals surface area contributed by atoms with Crippen molar-refractivity contribution >= 4 is 30.9 Å². The zero-order valence-electron chi connectivity index (χ0n) is 19.3. The summed E-state index contributed by atoms with van der Waals surface area (Å²) in [6.45, 7) is 0.582. The fraction of sp³-hybridized carbons (Fsp3) is 0.429. The molecule has 2 aliphatic heterocycles. The van der Waals surface area contributed by atoms with Crippen molar-refractivity contribution < 1.29 is 42.2 Å². The van der Waals surface area contributed by atoms with Crippen molar-refractivity contribution in [1.82, 2.24) is 19.5 Å². The van der Waals surface area contributed by atoms with E-state index in [2.05, 4.69) is 15.0 Å². The molecule has 192 valence electrons. The molecule has 0 radical (unpaired) electrons. The van der Waals surface area contributed by atoms with Gasteiger partial charge in [0, 0.05) is 0 Å². The average Bonchev–Trinajstić information content (AvgIpc) is 3.39. The van der Waals surface area contributed by atoms with E-state index in [-0.39, 0.29) is 30.7 Å². The first-order valence-electron chi connectivity index (χ1n) is 10.9. The van der Waals surface area contributed by atoms with Crippen LogP contribution in [-0.2, 0) is 39.0 Å². The highest BCUT2D eigenvalue weighted by Gasteiger charge is 2.60. The molecule has 2 unspecified atom stereocenters. The number of rotatable bonds is 7. The molecule has 5 rings (SSSR count). The maximum Gasteiger partial charge on any atom is 0.475 e. The monoisotopic (exact) mass is 521 g/mol. The Labute approximate surface area is 204 Å². The summed E-state index contributed by atoms with van der Waals surface area (Å²) in [5.41, 5.74) is 5.39. The molecular weight excluding hydrogens is 497 g/mol. The van der Waals surface area contributed by atoms with Gasteiger partial charge in [-0.05, 0) is 12.5 Å². The smallest absolute Gasteiger partial charge is 0.475 e. The second kappa shape index (κ2) is 9.39. The first-order chi connectivity index (χ1) is 17.2. The molecule has 0 aliphatic carbocycles. The zero-order valence-corrected chi connectivity index (χ0v) is 20.2. The van der Waals surface area contributed by atoms with Crippen LogP contribution in [0.4, 0.5) is 5.95 Å². The van der Waals surface area contributed by atoms with Crippen LogP contribution in [0.25, 0.3) is 11.2 Å². The maximum atomic E-state index is 13.1. The van der Waals surface area contributed by atoms with Crippen molar-refractivity contribution in [2.75, 3.05) is 26.1 Å². The third-order valence-electron chi connectivity index (χ3n) is 5.79. The highest BCUT2D eigenvalue weighted by Crippen LogP contribution is 2.58. The molecule has 5 atom stereocenters. The molecule has 14 nitrogen and oxygen atoms in total. The van der Waals surface area contributed by atoms with Gasteiger partial charge in [0.1, 0.15) is 24.4 Å². The third-order valence-corrected chi connectivity index (χ3v) is 7.19. The number of aliphatic hydroxyl groups is 1. The maximum absolute atomic E-state index is 13.1. The van der Waals surface area contributed by atoms with Crippen LogP contribution in [0.5, 0.6) is 5.88 Å². The van der Waals surface area contributed by atoms with Gasteiger partial charge in [-0.25, -0.2) is 14.3 Å². The zero-order chi connectivity index (χ0) is 25.5. The summed E-state index contributed by atoms with van der Waals surface area (Å²) in [5.74, 6) is -0.664. The topological polar surface area (TPSA) is 179 Å². The van der Waals surface area contributed by atoms with Gasteiger partial charge in [0.05, 0.1) is 20.0 Å². The number of anilines is 1. The van der Waals surface area contributed by atoms with Crippen molar-refractivity contribution in [3.63, 3.8) is 0 Å². The minimum absolute atomic E-state index is 0.0295. The van der Waals surface area contributed by atoms with Crippen LogP contribution < -0.4 is 10.5 Å². The Kier molecular flexibility index (Phi) is 6.41. The van der Waals surface area contributed by atoms with E-state index in [4.69, 9.17) is 33.5 Å². The summed E-state index contributed by atoms with van der Waals surface area (Å²) in [6.07, 6.45) is -1.61. The number of nitrogens with zero attached hydrogens (tertiary/aromatic N) is 4. The van der Waals surface area contributed by atoms with Crippen molar-refractivity contribution in [2.24, 2.45) is 0 Å². The Morgan fingerprint density at radius 3 is 2.86 bits per heavy atom. The number of hydrogen-bond donors (Lipinski definition) is 2. The van der Waals surface area contributed by atoms with Crippen LogP contribution >= 0.6 is 7.82 Å². The Balaban J connectivity index is 1.28. The molecule has 3 N–H and O–H groups in total. The second-order valence-corrected chi connectivity index (χ2v) is 9.98. The van der Waals surface area contributed by atoms with Gasteiger partial charge in [0.2, 0.25) is 11.8 Å². The van der Waals surface area contributed by atoms with Crippen LogP contribution in [0.15, 0.2) is 36.7 Å². The van der Waals surface area contributed by atoms with Crippen LogP contribution in [0.1, 0.15) is 18.7 Å². The molecule has 0 spiro atoms. The van der Waals surface area contributed by atoms with E-state index in [9.17, 15) is 14.5 Å². The van der Waals surface area contributed by atoms with Crippen molar-refractivity contribution in [1.29, 1.82) is 0 Å². The number of carbonyl (C=O) groups excluding carboxylic acids is 1. The van der Waals surface area contributed by atoms with Gasteiger partial charge in [-0.15, -0.1) is 0 Å². The van der Waals surface area contributed by atoms with Gasteiger partial charge in [-0.2, -0.15) is 9.97 Å². The quantitative estimate of drug-likeness (QED) is 0.336. The highest BCUT2D eigenvalue weighted by atomic mass is 31.2. The lowest BCUT2D eigenvalue weighted by Gasteiger charge is -2.34. The third kappa shape index (κ3) is 4.54. The van der Waals surface area contributed by atoms with Crippen molar-refractivity contribution in [3.05, 3.63) is 42.2 Å². The number of phosphoric ester groups is 1. The van der Waals surface area contributed by atoms with E-state index in [1.807, 2.05) is 18.2 Å². The fourth-order valence-corrected chi connectivity index (χ4v) is 5.49. The number of phosphoric acid groups is 1. The van der Waals surface area contributed by atoms with E-state index in [1.165, 1.54) is 24.9 Å². The van der Waals surface area contributed by atoms with E-state index < -0.39 is 44.4 Å². The largest absolute Gasteiger partial charge is 0.479 e. The van der Waals surface area contributed by atoms with Crippen LogP contribution in [-0.4, -0.2) is 68.7 Å². The number of nitrogen functional groups attached to an aromatic ring is 1. The standard InChI is InChI=1S/C21H24N5O9P/c1-21(28)16-13(34-19(21)26-11-23-15-17(26)24-20(22)25-18(15)30-2)9-32-36(29,35-16)33-10-14(27)31-8-12-6-4-3-5-7-12/h3-7,11,13,16,19,28H,8-10H2,1-2H3,(H2,22,24,25)/t13?,16-,19-,21-,36?/m1/s1. The van der Waals surface area contributed by atoms with E-state index >= 15 is 0 Å². The number of hydrogen-bond acceptors (Lipinski definition) is 13. The summed E-state index contributed by atoms with van der Waals surface area (Å²) >= 11 is 0. The Morgan fingerprint density at radius 1 is 1.33 bits per heavy atom. The summed E-state index contributed by atoms with van der Waals surface area (Å²) in [7, 11) is -2.80. The predicted molar refractivity (Wildman–Crippen MR) is 121 cm³/mol. The number of ether oxygens (including phenoxy) is 3. The van der Waals surface area contributed by atoms with Gasteiger partial charge in [0.15, 0.2) is 24.0 Å². The average molecular weight is 521 g/mol. The van der Waals surface area contributed by atoms with Gasteiger partial charge in [0.25, 0.3) is 0 Å². The molecule has 2 aliphatic rings. The van der Waals surface area contributed by atoms with Gasteiger partial charge < -0.3 is 25.1 Å². The molecule has 2 aromatic heterocycles. The molecule has 36 heavy (non-hydrogen) atoms. The van der Waals surface area contributed by atoms with Gasteiger partial charge in [-0.1, -0.05) is 30.3 Å². The Bertz CT molecular complexity index is 1320. The molecule has 0 amide bonds. The van der Waals surface area contributed by atoms with Gasteiger partial charge >= 0.3 is 13.8 Å². The minimum Gasteiger partial charge on any atom is -0.479 e. The summed E-state index contributed by atoms with van der Waals surface area (Å²) in [5, 5.41) is 11.4. The molecule has 3 aromatic rings. The molecule has 15 heteroatoms. The van der Waals surface area contributed by atoms with Crippen molar-refractivity contribution in [2.45, 2.75) is 37.6 Å². The number of carbonyl (C=O) groups is 1. The first kappa shape index (κ1) is 24.6.